The predicted octanol–water partition coefficient (Wildman–Crippen LogP) is 5.96. The zero-order chi connectivity index (χ0) is 26.3. The fourth-order valence-electron chi connectivity index (χ4n) is 4.58. The Morgan fingerprint density at radius 2 is 1.63 bits per heavy atom. The number of carbonyl (C=O) groups is 1. The van der Waals surface area contributed by atoms with Crippen molar-refractivity contribution in [3.63, 3.8) is 0 Å². The molecule has 192 valence electrons. The first kappa shape index (κ1) is 25.1. The normalized spacial score (nSPS) is 11.0. The standard InChI is InChI=1S/C30H30N6O2/c1-3-5-15-26-31-27(23-11-7-6-8-12-23)28(30(37)38-4-2)36(26)20-21-16-18-22(19-17-21)24-13-9-10-14-25(24)29-32-34-35-33-29/h6-14,16-19H,3-5,15,20H2,1-2H3,(H,32,33,34,35). The lowest BCUT2D eigenvalue weighted by Crippen LogP contribution is -2.16. The molecule has 0 amide bonds. The highest BCUT2D eigenvalue weighted by Gasteiger charge is 2.25. The van der Waals surface area contributed by atoms with Gasteiger partial charge in [-0.25, -0.2) is 9.78 Å². The van der Waals surface area contributed by atoms with Crippen LogP contribution in [0.25, 0.3) is 33.8 Å². The number of tetrazole rings is 1. The second kappa shape index (κ2) is 11.6. The first-order valence-electron chi connectivity index (χ1n) is 12.9. The maximum Gasteiger partial charge on any atom is 0.357 e. The van der Waals surface area contributed by atoms with Crippen molar-refractivity contribution in [2.75, 3.05) is 6.61 Å². The van der Waals surface area contributed by atoms with E-state index >= 15 is 0 Å². The molecule has 3 aromatic carbocycles. The number of benzene rings is 3. The summed E-state index contributed by atoms with van der Waals surface area (Å²) < 4.78 is 7.52. The predicted molar refractivity (Wildman–Crippen MR) is 146 cm³/mol. The average Bonchev–Trinajstić information content (AvgIpc) is 3.62. The van der Waals surface area contributed by atoms with Gasteiger partial charge in [-0.05, 0) is 35.2 Å². The number of hydrogen-bond acceptors (Lipinski definition) is 6. The van der Waals surface area contributed by atoms with Gasteiger partial charge in [0.25, 0.3) is 0 Å². The molecule has 0 radical (unpaired) electrons. The van der Waals surface area contributed by atoms with Crippen LogP contribution in [0.3, 0.4) is 0 Å². The van der Waals surface area contributed by atoms with Gasteiger partial charge in [0, 0.05) is 24.1 Å². The smallest absolute Gasteiger partial charge is 0.357 e. The monoisotopic (exact) mass is 506 g/mol. The maximum absolute atomic E-state index is 13.2. The third kappa shape index (κ3) is 5.25. The van der Waals surface area contributed by atoms with E-state index in [2.05, 4.69) is 51.8 Å². The van der Waals surface area contributed by atoms with Crippen LogP contribution in [-0.4, -0.2) is 42.8 Å². The minimum Gasteiger partial charge on any atom is -0.461 e. The summed E-state index contributed by atoms with van der Waals surface area (Å²) in [6.45, 7) is 4.80. The highest BCUT2D eigenvalue weighted by Crippen LogP contribution is 2.31. The van der Waals surface area contributed by atoms with Crippen LogP contribution >= 0.6 is 0 Å². The molecule has 1 N–H and O–H groups in total. The van der Waals surface area contributed by atoms with Crippen LogP contribution in [0.5, 0.6) is 0 Å². The van der Waals surface area contributed by atoms with E-state index in [1.54, 1.807) is 0 Å². The van der Waals surface area contributed by atoms with Gasteiger partial charge < -0.3 is 9.30 Å². The first-order chi connectivity index (χ1) is 18.7. The van der Waals surface area contributed by atoms with E-state index < -0.39 is 0 Å². The summed E-state index contributed by atoms with van der Waals surface area (Å²) in [5.41, 5.74) is 6.09. The molecule has 0 aliphatic rings. The van der Waals surface area contributed by atoms with Crippen molar-refractivity contribution in [2.24, 2.45) is 0 Å². The molecule has 2 heterocycles. The molecule has 0 atom stereocenters. The van der Waals surface area contributed by atoms with E-state index in [1.165, 1.54) is 0 Å². The Labute approximate surface area is 221 Å². The largest absolute Gasteiger partial charge is 0.461 e. The van der Waals surface area contributed by atoms with Gasteiger partial charge in [0.1, 0.15) is 11.5 Å². The number of H-pyrrole nitrogens is 1. The van der Waals surface area contributed by atoms with Crippen LogP contribution in [0, 0.1) is 0 Å². The zero-order valence-corrected chi connectivity index (χ0v) is 21.6. The van der Waals surface area contributed by atoms with E-state index in [0.29, 0.717) is 30.4 Å². The zero-order valence-electron chi connectivity index (χ0n) is 21.6. The average molecular weight is 507 g/mol. The van der Waals surface area contributed by atoms with E-state index in [9.17, 15) is 4.79 Å². The lowest BCUT2D eigenvalue weighted by Gasteiger charge is -2.13. The fourth-order valence-corrected chi connectivity index (χ4v) is 4.58. The Kier molecular flexibility index (Phi) is 7.68. The number of imidazole rings is 1. The summed E-state index contributed by atoms with van der Waals surface area (Å²) in [6, 6.07) is 26.2. The molecule has 38 heavy (non-hydrogen) atoms. The van der Waals surface area contributed by atoms with Crippen molar-refractivity contribution in [2.45, 2.75) is 39.7 Å². The number of esters is 1. The Balaban J connectivity index is 1.53. The second-order valence-electron chi connectivity index (χ2n) is 8.98. The van der Waals surface area contributed by atoms with Crippen LogP contribution in [0.4, 0.5) is 0 Å². The van der Waals surface area contributed by atoms with Crippen LogP contribution in [0.1, 0.15) is 48.6 Å². The topological polar surface area (TPSA) is 98.6 Å². The van der Waals surface area contributed by atoms with E-state index in [1.807, 2.05) is 66.1 Å². The molecular formula is C30H30N6O2. The Morgan fingerprint density at radius 1 is 0.895 bits per heavy atom. The SMILES string of the molecule is CCCCc1nc(-c2ccccc2)c(C(=O)OCC)n1Cc1ccc(-c2ccccc2-c2nn[nH]n2)cc1. The molecule has 5 rings (SSSR count). The fraction of sp³-hybridized carbons (Fsp3) is 0.233. The Morgan fingerprint density at radius 3 is 2.32 bits per heavy atom. The van der Waals surface area contributed by atoms with Crippen molar-refractivity contribution in [3.8, 4) is 33.8 Å². The van der Waals surface area contributed by atoms with Gasteiger partial charge in [-0.15, -0.1) is 10.2 Å². The molecule has 0 aliphatic carbocycles. The van der Waals surface area contributed by atoms with Crippen LogP contribution < -0.4 is 0 Å². The summed E-state index contributed by atoms with van der Waals surface area (Å²) >= 11 is 0. The number of aromatic amines is 1. The van der Waals surface area contributed by atoms with Crippen molar-refractivity contribution in [1.82, 2.24) is 30.2 Å². The molecule has 8 heteroatoms. The summed E-state index contributed by atoms with van der Waals surface area (Å²) in [4.78, 5) is 18.2. The molecule has 0 bridgehead atoms. The molecule has 0 saturated heterocycles. The van der Waals surface area contributed by atoms with Crippen LogP contribution in [-0.2, 0) is 17.7 Å². The summed E-state index contributed by atoms with van der Waals surface area (Å²) in [6.07, 6.45) is 2.81. The number of nitrogens with one attached hydrogen (secondary N) is 1. The van der Waals surface area contributed by atoms with Gasteiger partial charge in [-0.3, -0.25) is 0 Å². The van der Waals surface area contributed by atoms with Crippen molar-refractivity contribution in [1.29, 1.82) is 0 Å². The molecule has 0 saturated carbocycles. The van der Waals surface area contributed by atoms with Gasteiger partial charge >= 0.3 is 5.97 Å². The maximum atomic E-state index is 13.2. The molecule has 2 aromatic heterocycles. The Bertz CT molecular complexity index is 1490. The molecule has 0 fully saturated rings. The van der Waals surface area contributed by atoms with Gasteiger partial charge in [0.2, 0.25) is 5.82 Å². The van der Waals surface area contributed by atoms with Crippen molar-refractivity contribution < 1.29 is 9.53 Å². The number of hydrogen-bond donors (Lipinski definition) is 1. The lowest BCUT2D eigenvalue weighted by molar-refractivity contribution is 0.0515. The number of aromatic nitrogens is 6. The molecule has 5 aromatic rings. The van der Waals surface area contributed by atoms with Gasteiger partial charge in [0.05, 0.1) is 6.61 Å². The Hall–Kier alpha value is -4.59. The molecular weight excluding hydrogens is 476 g/mol. The number of ether oxygens (including phenoxy) is 1. The number of nitrogens with zero attached hydrogens (tertiary/aromatic N) is 5. The van der Waals surface area contributed by atoms with Crippen molar-refractivity contribution in [3.05, 3.63) is 95.9 Å². The molecule has 8 nitrogen and oxygen atoms in total. The molecule has 0 spiro atoms. The first-order valence-corrected chi connectivity index (χ1v) is 12.9. The number of aryl methyl sites for hydroxylation is 1. The number of carbonyl (C=O) groups excluding carboxylic acids is 1. The number of unbranched alkanes of at least 4 members (excludes halogenated alkanes) is 1. The van der Waals surface area contributed by atoms with Crippen molar-refractivity contribution >= 4 is 5.97 Å². The van der Waals surface area contributed by atoms with Crippen LogP contribution in [0.2, 0.25) is 0 Å². The highest BCUT2D eigenvalue weighted by molar-refractivity contribution is 5.95. The molecule has 0 aliphatic heterocycles. The van der Waals surface area contributed by atoms with Crippen LogP contribution in [0.15, 0.2) is 78.9 Å². The number of rotatable bonds is 10. The minimum atomic E-state index is -0.354. The van der Waals surface area contributed by atoms with E-state index in [-0.39, 0.29) is 5.97 Å². The van der Waals surface area contributed by atoms with Gasteiger partial charge in [0.15, 0.2) is 5.69 Å². The third-order valence-corrected chi connectivity index (χ3v) is 6.44. The second-order valence-corrected chi connectivity index (χ2v) is 8.98. The summed E-state index contributed by atoms with van der Waals surface area (Å²) in [5, 5.41) is 14.5. The summed E-state index contributed by atoms with van der Waals surface area (Å²) in [7, 11) is 0. The minimum absolute atomic E-state index is 0.303. The lowest BCUT2D eigenvalue weighted by atomic mass is 9.98. The quantitative estimate of drug-likeness (QED) is 0.235. The van der Waals surface area contributed by atoms with E-state index in [4.69, 9.17) is 9.72 Å². The van der Waals surface area contributed by atoms with E-state index in [0.717, 1.165) is 52.9 Å². The van der Waals surface area contributed by atoms with Gasteiger partial charge in [-0.1, -0.05) is 92.2 Å². The highest BCUT2D eigenvalue weighted by atomic mass is 16.5. The summed E-state index contributed by atoms with van der Waals surface area (Å²) in [5.74, 6) is 1.09. The van der Waals surface area contributed by atoms with Gasteiger partial charge in [-0.2, -0.15) is 5.21 Å². The molecule has 0 unspecified atom stereocenters. The third-order valence-electron chi connectivity index (χ3n) is 6.44.